The fourth-order valence-electron chi connectivity index (χ4n) is 2.20. The molecule has 1 rings (SSSR count). The van der Waals surface area contributed by atoms with Gasteiger partial charge in [0.15, 0.2) is 0 Å². The molecule has 2 unspecified atom stereocenters. The van der Waals surface area contributed by atoms with Crippen LogP contribution in [-0.2, 0) is 4.79 Å². The Morgan fingerprint density at radius 3 is 2.47 bits per heavy atom. The average Bonchev–Trinajstić information content (AvgIpc) is 2.15. The fourth-order valence-corrected chi connectivity index (χ4v) is 2.20. The summed E-state index contributed by atoms with van der Waals surface area (Å²) in [6, 6.07) is 0.162. The van der Waals surface area contributed by atoms with Crippen molar-refractivity contribution in [2.75, 3.05) is 13.1 Å². The second-order valence-corrected chi connectivity index (χ2v) is 5.62. The summed E-state index contributed by atoms with van der Waals surface area (Å²) in [4.78, 5) is 14.0. The van der Waals surface area contributed by atoms with Crippen LogP contribution < -0.4 is 5.73 Å². The Morgan fingerprint density at radius 2 is 2.07 bits per heavy atom. The number of nitrogens with zero attached hydrogens (tertiary/aromatic N) is 1. The zero-order valence-corrected chi connectivity index (χ0v) is 10.4. The van der Waals surface area contributed by atoms with E-state index < -0.39 is 0 Å². The fraction of sp³-hybridized carbons (Fsp3) is 0.917. The van der Waals surface area contributed by atoms with E-state index >= 15 is 0 Å². The van der Waals surface area contributed by atoms with Crippen LogP contribution in [0.25, 0.3) is 0 Å². The van der Waals surface area contributed by atoms with Gasteiger partial charge in [0.2, 0.25) is 5.91 Å². The first kappa shape index (κ1) is 12.5. The van der Waals surface area contributed by atoms with Crippen molar-refractivity contribution in [3.63, 3.8) is 0 Å². The molecule has 15 heavy (non-hydrogen) atoms. The average molecular weight is 212 g/mol. The molecule has 1 heterocycles. The lowest BCUT2D eigenvalue weighted by atomic mass is 9.87. The smallest absolute Gasteiger partial charge is 0.227 e. The third kappa shape index (κ3) is 2.94. The summed E-state index contributed by atoms with van der Waals surface area (Å²) in [5.41, 5.74) is 5.79. The molecule has 0 aromatic carbocycles. The van der Waals surface area contributed by atoms with Crippen LogP contribution in [0.2, 0.25) is 0 Å². The number of hydrogen-bond donors (Lipinski definition) is 1. The minimum atomic E-state index is -0.279. The van der Waals surface area contributed by atoms with Crippen LogP contribution in [0, 0.1) is 11.3 Å². The van der Waals surface area contributed by atoms with Gasteiger partial charge in [0.1, 0.15) is 0 Å². The van der Waals surface area contributed by atoms with Gasteiger partial charge in [0, 0.05) is 24.5 Å². The van der Waals surface area contributed by atoms with Gasteiger partial charge in [-0.15, -0.1) is 0 Å². The number of carbonyl (C=O) groups is 1. The van der Waals surface area contributed by atoms with Gasteiger partial charge in [-0.3, -0.25) is 4.79 Å². The van der Waals surface area contributed by atoms with Crippen LogP contribution in [0.3, 0.4) is 0 Å². The zero-order valence-electron chi connectivity index (χ0n) is 10.4. The van der Waals surface area contributed by atoms with E-state index in [9.17, 15) is 4.79 Å². The Kier molecular flexibility index (Phi) is 3.77. The number of amides is 1. The van der Waals surface area contributed by atoms with Gasteiger partial charge >= 0.3 is 0 Å². The van der Waals surface area contributed by atoms with Crippen molar-refractivity contribution in [2.24, 2.45) is 17.1 Å². The molecule has 2 atom stereocenters. The van der Waals surface area contributed by atoms with Crippen LogP contribution >= 0.6 is 0 Å². The Morgan fingerprint density at radius 1 is 1.47 bits per heavy atom. The maximum absolute atomic E-state index is 12.0. The third-order valence-electron chi connectivity index (χ3n) is 3.26. The van der Waals surface area contributed by atoms with Crippen molar-refractivity contribution in [2.45, 2.75) is 46.6 Å². The molecule has 1 saturated heterocycles. The maximum Gasteiger partial charge on any atom is 0.227 e. The molecule has 3 nitrogen and oxygen atoms in total. The van der Waals surface area contributed by atoms with Crippen molar-refractivity contribution < 1.29 is 4.79 Å². The quantitative estimate of drug-likeness (QED) is 0.718. The van der Waals surface area contributed by atoms with E-state index in [4.69, 9.17) is 5.73 Å². The Bertz CT molecular complexity index is 232. The summed E-state index contributed by atoms with van der Waals surface area (Å²) in [5.74, 6) is 0.821. The molecule has 2 N–H and O–H groups in total. The highest BCUT2D eigenvalue weighted by atomic mass is 16.2. The first-order valence-electron chi connectivity index (χ1n) is 5.91. The predicted molar refractivity (Wildman–Crippen MR) is 62.4 cm³/mol. The van der Waals surface area contributed by atoms with Gasteiger partial charge in [0.25, 0.3) is 0 Å². The Balaban J connectivity index is 2.58. The summed E-state index contributed by atoms with van der Waals surface area (Å²) in [7, 11) is 0. The molecule has 1 fully saturated rings. The molecule has 88 valence electrons. The van der Waals surface area contributed by atoms with E-state index in [-0.39, 0.29) is 17.4 Å². The van der Waals surface area contributed by atoms with Crippen LogP contribution in [0.15, 0.2) is 0 Å². The summed E-state index contributed by atoms with van der Waals surface area (Å²) < 4.78 is 0. The van der Waals surface area contributed by atoms with Gasteiger partial charge in [-0.2, -0.15) is 0 Å². The molecule has 1 aliphatic rings. The highest BCUT2D eigenvalue weighted by molar-refractivity contribution is 5.81. The Hall–Kier alpha value is -0.570. The highest BCUT2D eigenvalue weighted by Gasteiger charge is 2.32. The third-order valence-corrected chi connectivity index (χ3v) is 3.26. The molecule has 3 heteroatoms. The topological polar surface area (TPSA) is 46.3 Å². The van der Waals surface area contributed by atoms with Crippen LogP contribution in [0.4, 0.5) is 0 Å². The van der Waals surface area contributed by atoms with Crippen molar-refractivity contribution >= 4 is 5.91 Å². The van der Waals surface area contributed by atoms with E-state index in [1.807, 2.05) is 25.7 Å². The standard InChI is InChI=1S/C12H24N2O/c1-5-9-6-7-14(8-10(9)13)11(15)12(2,3)4/h9-10H,5-8,13H2,1-4H3. The first-order chi connectivity index (χ1) is 6.86. The van der Waals surface area contributed by atoms with Crippen LogP contribution in [-0.4, -0.2) is 29.9 Å². The van der Waals surface area contributed by atoms with Crippen molar-refractivity contribution in [3.8, 4) is 0 Å². The summed E-state index contributed by atoms with van der Waals surface area (Å²) >= 11 is 0. The van der Waals surface area contributed by atoms with Gasteiger partial charge in [0.05, 0.1) is 0 Å². The minimum Gasteiger partial charge on any atom is -0.341 e. The second kappa shape index (κ2) is 4.52. The Labute approximate surface area is 93.0 Å². The number of carbonyl (C=O) groups excluding carboxylic acids is 1. The lowest BCUT2D eigenvalue weighted by Gasteiger charge is -2.39. The van der Waals surface area contributed by atoms with E-state index in [0.717, 1.165) is 25.9 Å². The highest BCUT2D eigenvalue weighted by Crippen LogP contribution is 2.24. The molecule has 0 radical (unpaired) electrons. The molecular weight excluding hydrogens is 188 g/mol. The summed E-state index contributed by atoms with van der Waals surface area (Å²) in [6.45, 7) is 9.68. The van der Waals surface area contributed by atoms with E-state index in [2.05, 4.69) is 6.92 Å². The van der Waals surface area contributed by atoms with Gasteiger partial charge in [-0.05, 0) is 12.3 Å². The summed E-state index contributed by atoms with van der Waals surface area (Å²) in [5, 5.41) is 0. The lowest BCUT2D eigenvalue weighted by Crippen LogP contribution is -2.52. The van der Waals surface area contributed by atoms with Gasteiger partial charge < -0.3 is 10.6 Å². The van der Waals surface area contributed by atoms with Crippen molar-refractivity contribution in [1.29, 1.82) is 0 Å². The largest absolute Gasteiger partial charge is 0.341 e. The summed E-state index contributed by atoms with van der Waals surface area (Å²) in [6.07, 6.45) is 2.18. The molecule has 0 aromatic rings. The number of nitrogens with two attached hydrogens (primary N) is 1. The van der Waals surface area contributed by atoms with E-state index in [1.165, 1.54) is 0 Å². The molecule has 0 spiro atoms. The molecule has 0 aliphatic carbocycles. The SMILES string of the molecule is CCC1CCN(C(=O)C(C)(C)C)CC1N. The first-order valence-corrected chi connectivity index (χ1v) is 5.91. The van der Waals surface area contributed by atoms with Gasteiger partial charge in [-0.25, -0.2) is 0 Å². The minimum absolute atomic E-state index is 0.162. The second-order valence-electron chi connectivity index (χ2n) is 5.62. The normalized spacial score (nSPS) is 27.9. The number of hydrogen-bond acceptors (Lipinski definition) is 2. The van der Waals surface area contributed by atoms with E-state index in [1.54, 1.807) is 0 Å². The predicted octanol–water partition coefficient (Wildman–Crippen LogP) is 1.62. The van der Waals surface area contributed by atoms with Crippen molar-refractivity contribution in [1.82, 2.24) is 4.90 Å². The van der Waals surface area contributed by atoms with Crippen LogP contribution in [0.1, 0.15) is 40.5 Å². The molecule has 0 aromatic heterocycles. The number of piperidine rings is 1. The number of rotatable bonds is 1. The van der Waals surface area contributed by atoms with E-state index in [0.29, 0.717) is 5.92 Å². The molecule has 1 amide bonds. The number of likely N-dealkylation sites (tertiary alicyclic amines) is 1. The molecule has 1 aliphatic heterocycles. The molecule has 0 bridgehead atoms. The zero-order chi connectivity index (χ0) is 11.6. The molecular formula is C12H24N2O. The van der Waals surface area contributed by atoms with Crippen molar-refractivity contribution in [3.05, 3.63) is 0 Å². The monoisotopic (exact) mass is 212 g/mol. The maximum atomic E-state index is 12.0. The van der Waals surface area contributed by atoms with Crippen LogP contribution in [0.5, 0.6) is 0 Å². The molecule has 0 saturated carbocycles. The lowest BCUT2D eigenvalue weighted by molar-refractivity contribution is -0.141. The van der Waals surface area contributed by atoms with Gasteiger partial charge in [-0.1, -0.05) is 34.1 Å².